The highest BCUT2D eigenvalue weighted by atomic mass is 16.4. The first-order valence-corrected chi connectivity index (χ1v) is 6.39. The summed E-state index contributed by atoms with van der Waals surface area (Å²) < 4.78 is 5.52. The molecule has 0 aliphatic heterocycles. The fourth-order valence-electron chi connectivity index (χ4n) is 2.35. The number of nitrogens with one attached hydrogen (secondary N) is 2. The lowest BCUT2D eigenvalue weighted by molar-refractivity contribution is 0.377. The minimum atomic E-state index is 0.435. The molecule has 0 amide bonds. The molecule has 0 aromatic carbocycles. The number of hydrogen-bond donors (Lipinski definition) is 2. The molecule has 0 saturated heterocycles. The summed E-state index contributed by atoms with van der Waals surface area (Å²) in [6.45, 7) is 8.21. The molecular weight excluding hydrogens is 216 g/mol. The SMILES string of the molecule is CCNCc1nnc(NC2CCC(C)(C)C2)o1. The number of hydrogen-bond acceptors (Lipinski definition) is 5. The van der Waals surface area contributed by atoms with Crippen LogP contribution < -0.4 is 10.6 Å². The third-order valence-corrected chi connectivity index (χ3v) is 3.29. The van der Waals surface area contributed by atoms with Crippen molar-refractivity contribution in [1.82, 2.24) is 15.5 Å². The zero-order valence-electron chi connectivity index (χ0n) is 10.9. The van der Waals surface area contributed by atoms with Gasteiger partial charge in [0.2, 0.25) is 5.89 Å². The normalized spacial score (nSPS) is 22.9. The van der Waals surface area contributed by atoms with Gasteiger partial charge in [-0.2, -0.15) is 0 Å². The number of anilines is 1. The maximum atomic E-state index is 5.52. The monoisotopic (exact) mass is 238 g/mol. The van der Waals surface area contributed by atoms with Crippen molar-refractivity contribution in [3.63, 3.8) is 0 Å². The Bertz CT molecular complexity index is 361. The van der Waals surface area contributed by atoms with Gasteiger partial charge in [0, 0.05) is 6.04 Å². The van der Waals surface area contributed by atoms with Crippen molar-refractivity contribution < 1.29 is 4.42 Å². The number of rotatable bonds is 5. The molecule has 1 aromatic heterocycles. The van der Waals surface area contributed by atoms with E-state index in [9.17, 15) is 0 Å². The van der Waals surface area contributed by atoms with Gasteiger partial charge in [0.15, 0.2) is 0 Å². The van der Waals surface area contributed by atoms with Gasteiger partial charge in [-0.25, -0.2) is 0 Å². The summed E-state index contributed by atoms with van der Waals surface area (Å²) in [6.07, 6.45) is 3.60. The van der Waals surface area contributed by atoms with E-state index in [0.29, 0.717) is 29.9 Å². The molecule has 5 nitrogen and oxygen atoms in total. The first-order valence-electron chi connectivity index (χ1n) is 6.39. The van der Waals surface area contributed by atoms with Gasteiger partial charge in [-0.05, 0) is 31.2 Å². The Hall–Kier alpha value is -1.10. The minimum Gasteiger partial charge on any atom is -0.407 e. The highest BCUT2D eigenvalue weighted by molar-refractivity contribution is 5.20. The van der Waals surface area contributed by atoms with Gasteiger partial charge in [-0.15, -0.1) is 5.10 Å². The minimum absolute atomic E-state index is 0.435. The predicted molar refractivity (Wildman–Crippen MR) is 66.7 cm³/mol. The van der Waals surface area contributed by atoms with Gasteiger partial charge in [0.05, 0.1) is 6.54 Å². The van der Waals surface area contributed by atoms with Gasteiger partial charge >= 0.3 is 6.01 Å². The Morgan fingerprint density at radius 2 is 2.24 bits per heavy atom. The average Bonchev–Trinajstić information content (AvgIpc) is 2.83. The van der Waals surface area contributed by atoms with E-state index in [-0.39, 0.29) is 0 Å². The van der Waals surface area contributed by atoms with E-state index in [1.54, 1.807) is 0 Å². The van der Waals surface area contributed by atoms with E-state index in [0.717, 1.165) is 13.0 Å². The molecular formula is C12H22N4O. The van der Waals surface area contributed by atoms with Crippen LogP contribution in [0.4, 0.5) is 6.01 Å². The van der Waals surface area contributed by atoms with Gasteiger partial charge in [0.1, 0.15) is 0 Å². The largest absolute Gasteiger partial charge is 0.407 e. The highest BCUT2D eigenvalue weighted by Gasteiger charge is 2.31. The number of aromatic nitrogens is 2. The summed E-state index contributed by atoms with van der Waals surface area (Å²) in [4.78, 5) is 0. The summed E-state index contributed by atoms with van der Waals surface area (Å²) in [5.74, 6) is 0.645. The third kappa shape index (κ3) is 3.43. The Labute approximate surface area is 102 Å². The molecule has 96 valence electrons. The molecule has 1 unspecified atom stereocenters. The Morgan fingerprint density at radius 3 is 2.88 bits per heavy atom. The molecule has 1 aliphatic carbocycles. The maximum Gasteiger partial charge on any atom is 0.315 e. The molecule has 0 spiro atoms. The standard InChI is InChI=1S/C12H22N4O/c1-4-13-8-10-15-16-11(17-10)14-9-5-6-12(2,3)7-9/h9,13H,4-8H2,1-3H3,(H,14,16). The van der Waals surface area contributed by atoms with Gasteiger partial charge in [-0.1, -0.05) is 25.9 Å². The molecule has 1 atom stereocenters. The lowest BCUT2D eigenvalue weighted by atomic mass is 9.92. The quantitative estimate of drug-likeness (QED) is 0.823. The molecule has 2 N–H and O–H groups in total. The number of nitrogens with zero attached hydrogens (tertiary/aromatic N) is 2. The summed E-state index contributed by atoms with van der Waals surface area (Å²) in [5.41, 5.74) is 0.435. The maximum absolute atomic E-state index is 5.52. The molecule has 0 bridgehead atoms. The van der Waals surface area contributed by atoms with E-state index >= 15 is 0 Å². The van der Waals surface area contributed by atoms with E-state index in [1.807, 2.05) is 0 Å². The molecule has 5 heteroatoms. The van der Waals surface area contributed by atoms with Crippen molar-refractivity contribution in [2.24, 2.45) is 5.41 Å². The van der Waals surface area contributed by atoms with Crippen LogP contribution in [0.5, 0.6) is 0 Å². The summed E-state index contributed by atoms with van der Waals surface area (Å²) >= 11 is 0. The molecule has 1 aliphatic rings. The van der Waals surface area contributed by atoms with Crippen LogP contribution in [0.25, 0.3) is 0 Å². The van der Waals surface area contributed by atoms with E-state index < -0.39 is 0 Å². The molecule has 0 radical (unpaired) electrons. The molecule has 1 fully saturated rings. The van der Waals surface area contributed by atoms with Crippen LogP contribution in [-0.4, -0.2) is 22.8 Å². The van der Waals surface area contributed by atoms with E-state index in [2.05, 4.69) is 41.6 Å². The predicted octanol–water partition coefficient (Wildman–Crippen LogP) is 2.17. The van der Waals surface area contributed by atoms with Crippen molar-refractivity contribution in [3.05, 3.63) is 5.89 Å². The smallest absolute Gasteiger partial charge is 0.315 e. The fraction of sp³-hybridized carbons (Fsp3) is 0.833. The highest BCUT2D eigenvalue weighted by Crippen LogP contribution is 2.38. The van der Waals surface area contributed by atoms with Crippen molar-refractivity contribution in [2.75, 3.05) is 11.9 Å². The van der Waals surface area contributed by atoms with Crippen molar-refractivity contribution in [1.29, 1.82) is 0 Å². The Morgan fingerprint density at radius 1 is 1.41 bits per heavy atom. The third-order valence-electron chi connectivity index (χ3n) is 3.29. The Balaban J connectivity index is 1.85. The zero-order valence-corrected chi connectivity index (χ0v) is 10.9. The summed E-state index contributed by atoms with van der Waals surface area (Å²) in [6, 6.07) is 1.03. The van der Waals surface area contributed by atoms with Gasteiger partial charge in [0.25, 0.3) is 0 Å². The summed E-state index contributed by atoms with van der Waals surface area (Å²) in [7, 11) is 0. The van der Waals surface area contributed by atoms with E-state index in [4.69, 9.17) is 4.42 Å². The van der Waals surface area contributed by atoms with Crippen LogP contribution in [0.2, 0.25) is 0 Å². The zero-order chi connectivity index (χ0) is 12.3. The molecule has 2 rings (SSSR count). The summed E-state index contributed by atoms with van der Waals surface area (Å²) in [5, 5.41) is 14.5. The van der Waals surface area contributed by atoms with Crippen LogP contribution in [0.1, 0.15) is 45.9 Å². The van der Waals surface area contributed by atoms with Gasteiger partial charge < -0.3 is 15.1 Å². The molecule has 1 heterocycles. The average molecular weight is 238 g/mol. The van der Waals surface area contributed by atoms with Crippen LogP contribution in [0.3, 0.4) is 0 Å². The lowest BCUT2D eigenvalue weighted by Gasteiger charge is -2.16. The van der Waals surface area contributed by atoms with Crippen molar-refractivity contribution >= 4 is 6.01 Å². The topological polar surface area (TPSA) is 63.0 Å². The Kier molecular flexibility index (Phi) is 3.66. The molecule has 1 saturated carbocycles. The van der Waals surface area contributed by atoms with Gasteiger partial charge in [-0.3, -0.25) is 0 Å². The second-order valence-electron chi connectivity index (χ2n) is 5.53. The van der Waals surface area contributed by atoms with Crippen molar-refractivity contribution in [2.45, 2.75) is 52.6 Å². The van der Waals surface area contributed by atoms with Crippen LogP contribution in [0, 0.1) is 5.41 Å². The second kappa shape index (κ2) is 5.04. The first kappa shape index (κ1) is 12.4. The van der Waals surface area contributed by atoms with Crippen LogP contribution in [0.15, 0.2) is 4.42 Å². The van der Waals surface area contributed by atoms with E-state index in [1.165, 1.54) is 12.8 Å². The lowest BCUT2D eigenvalue weighted by Crippen LogP contribution is -2.17. The molecule has 1 aromatic rings. The second-order valence-corrected chi connectivity index (χ2v) is 5.53. The molecule has 17 heavy (non-hydrogen) atoms. The van der Waals surface area contributed by atoms with Crippen LogP contribution >= 0.6 is 0 Å². The fourth-order valence-corrected chi connectivity index (χ4v) is 2.35. The van der Waals surface area contributed by atoms with Crippen molar-refractivity contribution in [3.8, 4) is 0 Å². The van der Waals surface area contributed by atoms with Crippen LogP contribution in [-0.2, 0) is 6.54 Å². The first-order chi connectivity index (χ1) is 8.09.